The van der Waals surface area contributed by atoms with Crippen molar-refractivity contribution in [2.45, 2.75) is 24.8 Å². The van der Waals surface area contributed by atoms with Crippen LogP contribution < -0.4 is 0 Å². The van der Waals surface area contributed by atoms with Crippen molar-refractivity contribution >= 4 is 23.8 Å². The van der Waals surface area contributed by atoms with Crippen molar-refractivity contribution in [3.63, 3.8) is 0 Å². The fourth-order valence-electron chi connectivity index (χ4n) is 3.12. The molecule has 0 saturated carbocycles. The highest BCUT2D eigenvalue weighted by molar-refractivity contribution is 7.99. The van der Waals surface area contributed by atoms with Crippen LogP contribution in [0.2, 0.25) is 0 Å². The first-order valence-electron chi connectivity index (χ1n) is 6.47. The molecule has 0 aromatic carbocycles. The van der Waals surface area contributed by atoms with Gasteiger partial charge in [0.1, 0.15) is 6.61 Å². The third-order valence-electron chi connectivity index (χ3n) is 4.03. The van der Waals surface area contributed by atoms with Gasteiger partial charge in [-0.3, -0.25) is 4.79 Å². The zero-order valence-corrected chi connectivity index (χ0v) is 11.7. The summed E-state index contributed by atoms with van der Waals surface area (Å²) in [4.78, 5) is 25.2. The molecule has 1 N–H and O–H groups in total. The highest BCUT2D eigenvalue weighted by Crippen LogP contribution is 2.45. The Morgan fingerprint density at radius 3 is 2.74 bits per heavy atom. The number of rotatable bonds is 3. The number of hydrogen-bond acceptors (Lipinski definition) is 4. The standard InChI is InChI=1S/C13H19NO4S/c1-2-7-18-12(17)14-6-3-10(11(15)16)13(14)4-8-19-9-5-13/h2,10H,1,3-9H2,(H,15,16). The van der Waals surface area contributed by atoms with Gasteiger partial charge >= 0.3 is 12.1 Å². The van der Waals surface area contributed by atoms with Crippen LogP contribution in [-0.2, 0) is 9.53 Å². The van der Waals surface area contributed by atoms with Crippen molar-refractivity contribution in [1.82, 2.24) is 4.90 Å². The summed E-state index contributed by atoms with van der Waals surface area (Å²) in [6, 6.07) is 0. The Morgan fingerprint density at radius 2 is 2.16 bits per heavy atom. The Balaban J connectivity index is 2.20. The lowest BCUT2D eigenvalue weighted by molar-refractivity contribution is -0.144. The zero-order chi connectivity index (χ0) is 13.9. The molecule has 0 aromatic rings. The first-order chi connectivity index (χ1) is 9.12. The van der Waals surface area contributed by atoms with Crippen molar-refractivity contribution in [2.24, 2.45) is 5.92 Å². The van der Waals surface area contributed by atoms with Crippen LogP contribution in [-0.4, -0.2) is 52.3 Å². The number of thioether (sulfide) groups is 1. The minimum Gasteiger partial charge on any atom is -0.481 e. The average molecular weight is 285 g/mol. The summed E-state index contributed by atoms with van der Waals surface area (Å²) in [6.45, 7) is 4.15. The van der Waals surface area contributed by atoms with Gasteiger partial charge in [0.25, 0.3) is 0 Å². The molecule has 19 heavy (non-hydrogen) atoms. The van der Waals surface area contributed by atoms with E-state index in [0.717, 1.165) is 24.3 Å². The highest BCUT2D eigenvalue weighted by Gasteiger charge is 2.54. The molecule has 2 saturated heterocycles. The number of carbonyl (C=O) groups excluding carboxylic acids is 1. The summed E-state index contributed by atoms with van der Waals surface area (Å²) in [5.74, 6) is 0.528. The van der Waals surface area contributed by atoms with Gasteiger partial charge in [-0.25, -0.2) is 4.79 Å². The molecule has 0 aliphatic carbocycles. The summed E-state index contributed by atoms with van der Waals surface area (Å²) < 4.78 is 5.10. The smallest absolute Gasteiger partial charge is 0.410 e. The molecule has 0 radical (unpaired) electrons. The Bertz CT molecular complexity index is 379. The van der Waals surface area contributed by atoms with Crippen LogP contribution in [0.25, 0.3) is 0 Å². The Kier molecular flexibility index (Phi) is 4.39. The molecule has 1 amide bonds. The van der Waals surface area contributed by atoms with E-state index in [-0.39, 0.29) is 6.61 Å². The second-order valence-corrected chi connectivity index (χ2v) is 6.14. The number of carboxylic acid groups (broad SMARTS) is 1. The van der Waals surface area contributed by atoms with Crippen LogP contribution in [0.1, 0.15) is 19.3 Å². The number of carbonyl (C=O) groups is 2. The lowest BCUT2D eigenvalue weighted by atomic mass is 9.80. The molecule has 106 valence electrons. The number of amides is 1. The second kappa shape index (κ2) is 5.86. The van der Waals surface area contributed by atoms with Crippen LogP contribution in [0.15, 0.2) is 12.7 Å². The molecule has 2 heterocycles. The number of nitrogens with zero attached hydrogens (tertiary/aromatic N) is 1. The minimum atomic E-state index is -0.800. The van der Waals surface area contributed by atoms with Gasteiger partial charge in [0, 0.05) is 6.54 Å². The van der Waals surface area contributed by atoms with Gasteiger partial charge in [0.15, 0.2) is 0 Å². The largest absolute Gasteiger partial charge is 0.481 e. The Morgan fingerprint density at radius 1 is 1.47 bits per heavy atom. The van der Waals surface area contributed by atoms with Crippen LogP contribution in [0, 0.1) is 5.92 Å². The van der Waals surface area contributed by atoms with Gasteiger partial charge in [-0.05, 0) is 30.8 Å². The van der Waals surface area contributed by atoms with E-state index in [1.807, 2.05) is 11.8 Å². The zero-order valence-electron chi connectivity index (χ0n) is 10.8. The molecule has 5 nitrogen and oxygen atoms in total. The monoisotopic (exact) mass is 285 g/mol. The summed E-state index contributed by atoms with van der Waals surface area (Å²) in [6.07, 6.45) is 3.10. The second-order valence-electron chi connectivity index (χ2n) is 4.91. The Hall–Kier alpha value is -1.17. The van der Waals surface area contributed by atoms with E-state index in [0.29, 0.717) is 13.0 Å². The summed E-state index contributed by atoms with van der Waals surface area (Å²) in [7, 11) is 0. The first-order valence-corrected chi connectivity index (χ1v) is 7.63. The van der Waals surface area contributed by atoms with Gasteiger partial charge < -0.3 is 14.7 Å². The fourth-order valence-corrected chi connectivity index (χ4v) is 4.32. The van der Waals surface area contributed by atoms with Crippen LogP contribution in [0.5, 0.6) is 0 Å². The van der Waals surface area contributed by atoms with Crippen molar-refractivity contribution in [1.29, 1.82) is 0 Å². The molecule has 1 atom stereocenters. The van der Waals surface area contributed by atoms with Crippen LogP contribution >= 0.6 is 11.8 Å². The molecule has 2 fully saturated rings. The summed E-state index contributed by atoms with van der Waals surface area (Å²) in [5, 5.41) is 9.40. The predicted octanol–water partition coefficient (Wildman–Crippen LogP) is 1.98. The van der Waals surface area contributed by atoms with Crippen molar-refractivity contribution < 1.29 is 19.4 Å². The van der Waals surface area contributed by atoms with E-state index in [1.54, 1.807) is 4.90 Å². The van der Waals surface area contributed by atoms with E-state index in [1.165, 1.54) is 6.08 Å². The highest BCUT2D eigenvalue weighted by atomic mass is 32.2. The lowest BCUT2D eigenvalue weighted by Crippen LogP contribution is -2.54. The molecule has 1 unspecified atom stereocenters. The maximum atomic E-state index is 12.1. The maximum absolute atomic E-state index is 12.1. The van der Waals surface area contributed by atoms with Gasteiger partial charge in [0.2, 0.25) is 0 Å². The summed E-state index contributed by atoms with van der Waals surface area (Å²) >= 11 is 1.81. The van der Waals surface area contributed by atoms with E-state index in [2.05, 4.69) is 6.58 Å². The molecule has 2 aliphatic rings. The number of hydrogen-bond donors (Lipinski definition) is 1. The lowest BCUT2D eigenvalue weighted by Gasteiger charge is -2.42. The molecular formula is C13H19NO4S. The molecular weight excluding hydrogens is 266 g/mol. The molecule has 0 aromatic heterocycles. The van der Waals surface area contributed by atoms with Gasteiger partial charge in [0.05, 0.1) is 11.5 Å². The van der Waals surface area contributed by atoms with Gasteiger partial charge in [-0.2, -0.15) is 11.8 Å². The molecule has 1 spiro atoms. The minimum absolute atomic E-state index is 0.165. The molecule has 2 rings (SSSR count). The van der Waals surface area contributed by atoms with E-state index < -0.39 is 23.5 Å². The molecule has 2 aliphatic heterocycles. The maximum Gasteiger partial charge on any atom is 0.410 e. The van der Waals surface area contributed by atoms with Gasteiger partial charge in [-0.1, -0.05) is 12.7 Å². The first kappa shape index (κ1) is 14.2. The van der Waals surface area contributed by atoms with Gasteiger partial charge in [-0.15, -0.1) is 0 Å². The molecule has 0 bridgehead atoms. The van der Waals surface area contributed by atoms with Crippen molar-refractivity contribution in [2.75, 3.05) is 24.7 Å². The SMILES string of the molecule is C=CCOC(=O)N1CCC(C(=O)O)C12CCSCC2. The van der Waals surface area contributed by atoms with Crippen molar-refractivity contribution in [3.8, 4) is 0 Å². The van der Waals surface area contributed by atoms with Crippen molar-refractivity contribution in [3.05, 3.63) is 12.7 Å². The quantitative estimate of drug-likeness (QED) is 0.803. The number of likely N-dealkylation sites (tertiary alicyclic amines) is 1. The van der Waals surface area contributed by atoms with E-state index in [9.17, 15) is 14.7 Å². The predicted molar refractivity (Wildman–Crippen MR) is 73.3 cm³/mol. The van der Waals surface area contributed by atoms with E-state index >= 15 is 0 Å². The van der Waals surface area contributed by atoms with E-state index in [4.69, 9.17) is 4.74 Å². The third kappa shape index (κ3) is 2.59. The van der Waals surface area contributed by atoms with Crippen LogP contribution in [0.4, 0.5) is 4.79 Å². The normalized spacial score (nSPS) is 25.3. The number of aliphatic carboxylic acids is 1. The molecule has 6 heteroatoms. The third-order valence-corrected chi connectivity index (χ3v) is 5.01. The average Bonchev–Trinajstić information content (AvgIpc) is 2.75. The Labute approximate surface area is 117 Å². The summed E-state index contributed by atoms with van der Waals surface area (Å²) in [5.41, 5.74) is -0.546. The van der Waals surface area contributed by atoms with Crippen LogP contribution in [0.3, 0.4) is 0 Å². The fraction of sp³-hybridized carbons (Fsp3) is 0.692. The number of ether oxygens (including phenoxy) is 1. The topological polar surface area (TPSA) is 66.8 Å². The number of carboxylic acids is 1.